The number of ether oxygens (including phenoxy) is 1. The number of rotatable bonds is 3. The lowest BCUT2D eigenvalue weighted by Gasteiger charge is -2.46. The highest BCUT2D eigenvalue weighted by molar-refractivity contribution is 5.28. The van der Waals surface area contributed by atoms with Crippen LogP contribution >= 0.6 is 0 Å². The monoisotopic (exact) mass is 254 g/mol. The van der Waals surface area contributed by atoms with Gasteiger partial charge in [0.15, 0.2) is 0 Å². The van der Waals surface area contributed by atoms with Crippen LogP contribution in [0, 0.1) is 0 Å². The third-order valence-electron chi connectivity index (χ3n) is 2.78. The van der Waals surface area contributed by atoms with Crippen LogP contribution in [0.2, 0.25) is 0 Å². The maximum Gasteiger partial charge on any atom is 0.318 e. The molecular weight excluding hydrogens is 232 g/mol. The van der Waals surface area contributed by atoms with Gasteiger partial charge in [-0.3, -0.25) is 0 Å². The molecule has 0 saturated carbocycles. The number of nitrogens with two attached hydrogens (primary N) is 1. The summed E-state index contributed by atoms with van der Waals surface area (Å²) in [5.74, 6) is 0.592. The van der Waals surface area contributed by atoms with Gasteiger partial charge in [-0.1, -0.05) is 5.10 Å². The molecule has 1 aliphatic heterocycles. The molecule has 0 aliphatic carbocycles. The molecule has 0 unspecified atom stereocenters. The van der Waals surface area contributed by atoms with Gasteiger partial charge in [-0.2, -0.15) is 0 Å². The van der Waals surface area contributed by atoms with Gasteiger partial charge < -0.3 is 19.8 Å². The molecule has 2 heterocycles. The van der Waals surface area contributed by atoms with Crippen molar-refractivity contribution in [1.29, 1.82) is 0 Å². The van der Waals surface area contributed by atoms with Crippen molar-refractivity contribution in [1.82, 2.24) is 10.2 Å². The Bertz CT molecular complexity index is 398. The van der Waals surface area contributed by atoms with E-state index in [9.17, 15) is 0 Å². The summed E-state index contributed by atoms with van der Waals surface area (Å²) in [4.78, 5) is 2.08. The van der Waals surface area contributed by atoms with Crippen LogP contribution in [-0.2, 0) is 11.2 Å². The van der Waals surface area contributed by atoms with Crippen LogP contribution in [0.15, 0.2) is 4.42 Å². The van der Waals surface area contributed by atoms with E-state index in [1.54, 1.807) is 0 Å². The van der Waals surface area contributed by atoms with Crippen LogP contribution < -0.4 is 10.6 Å². The quantitative estimate of drug-likeness (QED) is 0.866. The first-order valence-corrected chi connectivity index (χ1v) is 6.29. The van der Waals surface area contributed by atoms with Crippen molar-refractivity contribution in [3.8, 4) is 0 Å². The normalized spacial score (nSPS) is 22.2. The number of anilines is 1. The third-order valence-corrected chi connectivity index (χ3v) is 2.78. The van der Waals surface area contributed by atoms with Crippen LogP contribution in [0.4, 0.5) is 6.01 Å². The van der Waals surface area contributed by atoms with Crippen LogP contribution in [-0.4, -0.2) is 41.0 Å². The molecule has 1 saturated heterocycles. The Kier molecular flexibility index (Phi) is 3.33. The summed E-state index contributed by atoms with van der Waals surface area (Å²) in [5.41, 5.74) is 5.01. The van der Waals surface area contributed by atoms with Gasteiger partial charge in [-0.15, -0.1) is 5.10 Å². The molecule has 1 aromatic rings. The fourth-order valence-electron chi connectivity index (χ4n) is 2.52. The largest absolute Gasteiger partial charge is 0.408 e. The minimum Gasteiger partial charge on any atom is -0.408 e. The number of aromatic nitrogens is 2. The fraction of sp³-hybridized carbons (Fsp3) is 0.833. The number of morpholine rings is 1. The molecular formula is C12H22N4O2. The van der Waals surface area contributed by atoms with Gasteiger partial charge in [-0.05, 0) is 27.7 Å². The Labute approximate surface area is 107 Å². The molecule has 1 aliphatic rings. The minimum absolute atomic E-state index is 0.232. The highest BCUT2D eigenvalue weighted by Gasteiger charge is 2.39. The van der Waals surface area contributed by atoms with E-state index >= 15 is 0 Å². The Hall–Kier alpha value is -1.14. The SMILES string of the molecule is CC1(C)CN(c2nnc(CCN)o2)CC(C)(C)O1. The number of hydrogen-bond acceptors (Lipinski definition) is 6. The van der Waals surface area contributed by atoms with E-state index < -0.39 is 0 Å². The van der Waals surface area contributed by atoms with E-state index in [0.717, 1.165) is 13.1 Å². The molecule has 0 atom stereocenters. The molecule has 0 bridgehead atoms. The van der Waals surface area contributed by atoms with Crippen molar-refractivity contribution in [3.05, 3.63) is 5.89 Å². The molecule has 6 heteroatoms. The summed E-state index contributed by atoms with van der Waals surface area (Å²) in [6.07, 6.45) is 0.615. The molecule has 1 aromatic heterocycles. The van der Waals surface area contributed by atoms with E-state index in [-0.39, 0.29) is 11.2 Å². The van der Waals surface area contributed by atoms with Crippen molar-refractivity contribution in [3.63, 3.8) is 0 Å². The van der Waals surface area contributed by atoms with E-state index in [1.807, 2.05) is 0 Å². The van der Waals surface area contributed by atoms with Gasteiger partial charge in [0.2, 0.25) is 5.89 Å². The highest BCUT2D eigenvalue weighted by atomic mass is 16.5. The molecule has 1 fully saturated rings. The molecule has 0 spiro atoms. The van der Waals surface area contributed by atoms with Crippen molar-refractivity contribution in [2.75, 3.05) is 24.5 Å². The molecule has 102 valence electrons. The van der Waals surface area contributed by atoms with Gasteiger partial charge in [0.1, 0.15) is 0 Å². The Morgan fingerprint density at radius 2 is 1.78 bits per heavy atom. The summed E-state index contributed by atoms with van der Waals surface area (Å²) in [6.45, 7) is 10.3. The van der Waals surface area contributed by atoms with E-state index in [4.69, 9.17) is 14.9 Å². The number of nitrogens with zero attached hydrogens (tertiary/aromatic N) is 3. The summed E-state index contributed by atoms with van der Waals surface area (Å²) >= 11 is 0. The van der Waals surface area contributed by atoms with E-state index in [1.165, 1.54) is 0 Å². The van der Waals surface area contributed by atoms with Crippen LogP contribution in [0.3, 0.4) is 0 Å². The Balaban J connectivity index is 2.16. The number of hydrogen-bond donors (Lipinski definition) is 1. The zero-order valence-corrected chi connectivity index (χ0v) is 11.6. The second-order valence-electron chi connectivity index (χ2n) is 5.99. The zero-order chi connectivity index (χ0) is 13.4. The van der Waals surface area contributed by atoms with Crippen molar-refractivity contribution in [2.45, 2.75) is 45.3 Å². The van der Waals surface area contributed by atoms with Gasteiger partial charge in [0.25, 0.3) is 0 Å². The Morgan fingerprint density at radius 1 is 1.17 bits per heavy atom. The van der Waals surface area contributed by atoms with Gasteiger partial charge in [0, 0.05) is 13.0 Å². The first kappa shape index (κ1) is 13.3. The fourth-order valence-corrected chi connectivity index (χ4v) is 2.52. The van der Waals surface area contributed by atoms with E-state index in [2.05, 4.69) is 42.8 Å². The molecule has 0 amide bonds. The molecule has 0 radical (unpaired) electrons. The topological polar surface area (TPSA) is 77.4 Å². The van der Waals surface area contributed by atoms with Crippen molar-refractivity contribution < 1.29 is 9.15 Å². The maximum atomic E-state index is 6.02. The average Bonchev–Trinajstić information content (AvgIpc) is 2.62. The van der Waals surface area contributed by atoms with Crippen molar-refractivity contribution >= 4 is 6.01 Å². The summed E-state index contributed by atoms with van der Waals surface area (Å²) in [5, 5.41) is 8.09. The predicted molar refractivity (Wildman–Crippen MR) is 68.5 cm³/mol. The lowest BCUT2D eigenvalue weighted by atomic mass is 9.99. The summed E-state index contributed by atoms with van der Waals surface area (Å²) in [6, 6.07) is 0.558. The first-order chi connectivity index (χ1) is 8.31. The van der Waals surface area contributed by atoms with Gasteiger partial charge in [-0.25, -0.2) is 0 Å². The maximum absolute atomic E-state index is 6.02. The van der Waals surface area contributed by atoms with Gasteiger partial charge in [0.05, 0.1) is 24.3 Å². The molecule has 18 heavy (non-hydrogen) atoms. The molecule has 2 N–H and O–H groups in total. The lowest BCUT2D eigenvalue weighted by Crippen LogP contribution is -2.57. The lowest BCUT2D eigenvalue weighted by molar-refractivity contribution is -0.134. The van der Waals surface area contributed by atoms with Crippen LogP contribution in [0.25, 0.3) is 0 Å². The Morgan fingerprint density at radius 3 is 2.33 bits per heavy atom. The smallest absolute Gasteiger partial charge is 0.318 e. The highest BCUT2D eigenvalue weighted by Crippen LogP contribution is 2.30. The first-order valence-electron chi connectivity index (χ1n) is 6.29. The second-order valence-corrected chi connectivity index (χ2v) is 5.99. The minimum atomic E-state index is -0.232. The molecule has 2 rings (SSSR count). The van der Waals surface area contributed by atoms with Gasteiger partial charge >= 0.3 is 6.01 Å². The predicted octanol–water partition coefficient (Wildman–Crippen LogP) is 0.965. The van der Waals surface area contributed by atoms with Crippen LogP contribution in [0.5, 0.6) is 0 Å². The standard InChI is InChI=1S/C12H22N4O2/c1-11(2)7-16(8-12(3,4)18-11)10-15-14-9(17-10)5-6-13/h5-8,13H2,1-4H3. The van der Waals surface area contributed by atoms with E-state index in [0.29, 0.717) is 24.9 Å². The van der Waals surface area contributed by atoms with Crippen molar-refractivity contribution in [2.24, 2.45) is 5.73 Å². The molecule has 0 aromatic carbocycles. The third kappa shape index (κ3) is 3.00. The average molecular weight is 254 g/mol. The summed E-state index contributed by atoms with van der Waals surface area (Å²) in [7, 11) is 0. The second kappa shape index (κ2) is 4.51. The van der Waals surface area contributed by atoms with Crippen LogP contribution in [0.1, 0.15) is 33.6 Å². The zero-order valence-electron chi connectivity index (χ0n) is 11.6. The summed E-state index contributed by atoms with van der Waals surface area (Å²) < 4.78 is 11.6. The molecule has 6 nitrogen and oxygen atoms in total.